The average Bonchev–Trinajstić information content (AvgIpc) is 3.69. The molecule has 11 nitrogen and oxygen atoms in total. The number of carboxylic acids is 1. The van der Waals surface area contributed by atoms with Crippen molar-refractivity contribution in [1.29, 1.82) is 0 Å². The molecule has 250 valence electrons. The van der Waals surface area contributed by atoms with Crippen LogP contribution in [0.1, 0.15) is 43.8 Å². The predicted octanol–water partition coefficient (Wildman–Crippen LogP) is 4.41. The summed E-state index contributed by atoms with van der Waals surface area (Å²) in [5.74, 6) is -8.43. The summed E-state index contributed by atoms with van der Waals surface area (Å²) < 4.78 is 65.0. The number of rotatable bonds is 12. The van der Waals surface area contributed by atoms with Crippen molar-refractivity contribution in [3.63, 3.8) is 0 Å². The third-order valence-electron chi connectivity index (χ3n) is 7.39. The number of carboxylic acid groups (broad SMARTS) is 1. The molecule has 0 radical (unpaired) electrons. The number of aliphatic carboxylic acids is 1. The molecule has 46 heavy (non-hydrogen) atoms. The molecule has 1 saturated heterocycles. The average molecular weight is 707 g/mol. The van der Waals surface area contributed by atoms with E-state index in [1.165, 1.54) is 49.4 Å². The number of amides is 1. The maximum Gasteiger partial charge on any atom is 0.338 e. The van der Waals surface area contributed by atoms with E-state index in [0.29, 0.717) is 5.01 Å². The van der Waals surface area contributed by atoms with Gasteiger partial charge in [-0.3, -0.25) is 19.6 Å². The van der Waals surface area contributed by atoms with Crippen LogP contribution < -0.4 is 10.6 Å². The van der Waals surface area contributed by atoms with Gasteiger partial charge >= 0.3 is 11.9 Å². The van der Waals surface area contributed by atoms with Crippen molar-refractivity contribution in [2.75, 3.05) is 32.6 Å². The van der Waals surface area contributed by atoms with E-state index >= 15 is 8.78 Å². The van der Waals surface area contributed by atoms with E-state index in [-0.39, 0.29) is 48.1 Å². The predicted molar refractivity (Wildman–Crippen MR) is 164 cm³/mol. The molecule has 0 bridgehead atoms. The van der Waals surface area contributed by atoms with Gasteiger partial charge in [-0.25, -0.2) is 27.3 Å². The van der Waals surface area contributed by atoms with Gasteiger partial charge < -0.3 is 20.5 Å². The van der Waals surface area contributed by atoms with Crippen molar-refractivity contribution < 1.29 is 41.8 Å². The fraction of sp³-hybridized carbons (Fsp3) is 0.464. The van der Waals surface area contributed by atoms with E-state index < -0.39 is 63.8 Å². The minimum absolute atomic E-state index is 0.00122. The summed E-state index contributed by atoms with van der Waals surface area (Å²) in [6.07, 6.45) is 1.49. The number of ether oxygens (including phenoxy) is 1. The Morgan fingerprint density at radius 3 is 2.59 bits per heavy atom. The maximum atomic E-state index is 15.8. The number of hydrazine groups is 1. The van der Waals surface area contributed by atoms with Crippen molar-refractivity contribution in [2.24, 2.45) is 10.4 Å². The lowest BCUT2D eigenvalue weighted by Gasteiger charge is -2.36. The Morgan fingerprint density at radius 1 is 1.26 bits per heavy atom. The number of aromatic nitrogens is 1. The standard InChI is InChI=1S/C28H31ClF4N6O5S2/c1-14(40)39-13-46-25(38(39)9-7-27(2,3)26(42)43)28(32,33)12-34-11-17-18(24(41)44-4)21(15-5-6-16(30)20(31)19(15)29)37-22(36-17)23-35-8-10-45-23/h5-6,8,10,21,25,34H,7,9,11-13H2,1-4H3,(H,36,37)(H,42,43)/t21-,25+/m0/s1. The second kappa shape index (κ2) is 14.3. The number of thiazole rings is 1. The first-order chi connectivity index (χ1) is 21.6. The number of methoxy groups -OCH3 is 1. The molecule has 0 unspecified atom stereocenters. The molecule has 2 aliphatic rings. The van der Waals surface area contributed by atoms with Crippen LogP contribution in [0.5, 0.6) is 0 Å². The van der Waals surface area contributed by atoms with Crippen molar-refractivity contribution >= 4 is 58.4 Å². The minimum atomic E-state index is -3.46. The van der Waals surface area contributed by atoms with Crippen LogP contribution >= 0.6 is 34.7 Å². The molecule has 0 spiro atoms. The summed E-state index contributed by atoms with van der Waals surface area (Å²) in [5, 5.41) is 17.3. The number of aliphatic imine (C=N–C) groups is 1. The van der Waals surface area contributed by atoms with Crippen LogP contribution in [0.15, 0.2) is 40.0 Å². The summed E-state index contributed by atoms with van der Waals surface area (Å²) >= 11 is 8.16. The van der Waals surface area contributed by atoms with Crippen molar-refractivity contribution in [3.8, 4) is 0 Å². The van der Waals surface area contributed by atoms with Gasteiger partial charge in [0, 0.05) is 42.9 Å². The zero-order valence-electron chi connectivity index (χ0n) is 25.1. The van der Waals surface area contributed by atoms with Gasteiger partial charge in [0.05, 0.1) is 35.5 Å². The van der Waals surface area contributed by atoms with E-state index in [1.54, 1.807) is 5.38 Å². The van der Waals surface area contributed by atoms with E-state index in [1.807, 2.05) is 0 Å². The number of hydrogen-bond donors (Lipinski definition) is 3. The van der Waals surface area contributed by atoms with Crippen molar-refractivity contribution in [2.45, 2.75) is 44.5 Å². The number of carbonyl (C=O) groups is 3. The number of amidine groups is 1. The smallest absolute Gasteiger partial charge is 0.338 e. The Kier molecular flexibility index (Phi) is 11.0. The lowest BCUT2D eigenvalue weighted by Crippen LogP contribution is -2.54. The van der Waals surface area contributed by atoms with Gasteiger partial charge in [0.1, 0.15) is 11.4 Å². The highest BCUT2D eigenvalue weighted by molar-refractivity contribution is 8.00. The fourth-order valence-electron chi connectivity index (χ4n) is 4.73. The monoisotopic (exact) mass is 706 g/mol. The summed E-state index contributed by atoms with van der Waals surface area (Å²) in [6.45, 7) is 2.78. The Morgan fingerprint density at radius 2 is 1.98 bits per heavy atom. The quantitative estimate of drug-likeness (QED) is 0.165. The Labute approximate surface area is 275 Å². The van der Waals surface area contributed by atoms with Crippen molar-refractivity contribution in [3.05, 3.63) is 62.2 Å². The Balaban J connectivity index is 1.62. The second-order valence-corrected chi connectivity index (χ2v) is 13.3. The topological polar surface area (TPSA) is 136 Å². The Bertz CT molecular complexity index is 1560. The van der Waals surface area contributed by atoms with E-state index in [2.05, 4.69) is 20.6 Å². The van der Waals surface area contributed by atoms with Gasteiger partial charge in [-0.1, -0.05) is 17.7 Å². The molecule has 3 heterocycles. The second-order valence-electron chi connectivity index (χ2n) is 11.0. The highest BCUT2D eigenvalue weighted by Gasteiger charge is 2.50. The van der Waals surface area contributed by atoms with E-state index in [0.717, 1.165) is 29.9 Å². The number of thioether (sulfide) groups is 1. The number of alkyl halides is 2. The molecule has 3 N–H and O–H groups in total. The molecule has 1 fully saturated rings. The molecule has 0 aliphatic carbocycles. The summed E-state index contributed by atoms with van der Waals surface area (Å²) in [6, 6.07) is 0.688. The lowest BCUT2D eigenvalue weighted by atomic mass is 9.89. The Hall–Kier alpha value is -3.25. The fourth-order valence-corrected chi connectivity index (χ4v) is 6.91. The molecule has 1 aromatic heterocycles. The van der Waals surface area contributed by atoms with E-state index in [4.69, 9.17) is 16.3 Å². The number of hydrogen-bond acceptors (Lipinski definition) is 11. The molecule has 1 aromatic carbocycles. The molecule has 2 aliphatic heterocycles. The molecular weight excluding hydrogens is 676 g/mol. The zero-order chi connectivity index (χ0) is 34.0. The van der Waals surface area contributed by atoms with Crippen LogP contribution in [0.2, 0.25) is 5.02 Å². The SMILES string of the molecule is COC(=O)C1=C(CNCC(F)(F)[C@H]2SCN(C(C)=O)N2CCC(C)(C)C(=O)O)NC(c2nccs2)=N[C@H]1c1ccc(F)c(F)c1Cl. The number of benzene rings is 1. The first kappa shape index (κ1) is 35.6. The normalized spacial score (nSPS) is 19.2. The van der Waals surface area contributed by atoms with Gasteiger partial charge in [-0.05, 0) is 26.3 Å². The molecule has 2 atom stereocenters. The van der Waals surface area contributed by atoms with Gasteiger partial charge in [0.25, 0.3) is 5.92 Å². The van der Waals surface area contributed by atoms with Crippen molar-refractivity contribution in [1.82, 2.24) is 25.6 Å². The first-order valence-corrected chi connectivity index (χ1v) is 16.1. The number of esters is 1. The number of nitrogens with one attached hydrogen (secondary N) is 2. The highest BCUT2D eigenvalue weighted by atomic mass is 35.5. The van der Waals surface area contributed by atoms with Crippen LogP contribution in [-0.4, -0.2) is 87.7 Å². The van der Waals surface area contributed by atoms with Gasteiger partial charge in [0.2, 0.25) is 5.91 Å². The third-order valence-corrected chi connectivity index (χ3v) is 9.86. The molecule has 4 rings (SSSR count). The molecular formula is C28H31ClF4N6O5S2. The summed E-state index contributed by atoms with van der Waals surface area (Å²) in [5.41, 5.74) is -1.41. The van der Waals surface area contributed by atoms with Gasteiger partial charge in [-0.15, -0.1) is 23.1 Å². The van der Waals surface area contributed by atoms with Gasteiger partial charge in [-0.2, -0.15) is 5.01 Å². The van der Waals surface area contributed by atoms with Crippen LogP contribution in [0.3, 0.4) is 0 Å². The number of carbonyl (C=O) groups excluding carboxylic acids is 2. The number of nitrogens with zero attached hydrogens (tertiary/aromatic N) is 4. The first-order valence-electron chi connectivity index (χ1n) is 13.8. The van der Waals surface area contributed by atoms with Crippen LogP contribution in [0, 0.1) is 17.0 Å². The number of halogens is 5. The lowest BCUT2D eigenvalue weighted by molar-refractivity contribution is -0.156. The molecule has 0 saturated carbocycles. The van der Waals surface area contributed by atoms with Gasteiger partial charge in [0.15, 0.2) is 22.5 Å². The zero-order valence-corrected chi connectivity index (χ0v) is 27.5. The largest absolute Gasteiger partial charge is 0.481 e. The van der Waals surface area contributed by atoms with Crippen LogP contribution in [0.25, 0.3) is 0 Å². The maximum absolute atomic E-state index is 15.8. The van der Waals surface area contributed by atoms with Crippen LogP contribution in [0.4, 0.5) is 17.6 Å². The summed E-state index contributed by atoms with van der Waals surface area (Å²) in [7, 11) is 1.09. The summed E-state index contributed by atoms with van der Waals surface area (Å²) in [4.78, 5) is 45.6. The van der Waals surface area contributed by atoms with E-state index in [9.17, 15) is 28.3 Å². The highest BCUT2D eigenvalue weighted by Crippen LogP contribution is 2.40. The van der Waals surface area contributed by atoms with Crippen LogP contribution in [-0.2, 0) is 19.1 Å². The molecule has 1 amide bonds. The third kappa shape index (κ3) is 7.48. The molecule has 2 aromatic rings. The molecule has 18 heteroatoms. The minimum Gasteiger partial charge on any atom is -0.481 e.